The van der Waals surface area contributed by atoms with Crippen molar-refractivity contribution in [1.29, 1.82) is 0 Å². The molecule has 0 aliphatic carbocycles. The van der Waals surface area contributed by atoms with E-state index in [9.17, 15) is 14.4 Å². The summed E-state index contributed by atoms with van der Waals surface area (Å²) >= 11 is 0. The van der Waals surface area contributed by atoms with E-state index in [2.05, 4.69) is 15.1 Å². The van der Waals surface area contributed by atoms with Crippen LogP contribution >= 0.6 is 0 Å². The molecule has 0 saturated carbocycles. The Labute approximate surface area is 156 Å². The molecule has 11 heteroatoms. The number of rotatable bonds is 6. The normalized spacial score (nSPS) is 11.5. The maximum atomic E-state index is 12.3. The van der Waals surface area contributed by atoms with Crippen LogP contribution in [0, 0.1) is 0 Å². The van der Waals surface area contributed by atoms with Crippen molar-refractivity contribution in [3.8, 4) is 11.7 Å². The van der Waals surface area contributed by atoms with Gasteiger partial charge in [0, 0.05) is 13.6 Å². The van der Waals surface area contributed by atoms with Gasteiger partial charge in [-0.05, 0) is 18.6 Å². The van der Waals surface area contributed by atoms with E-state index in [4.69, 9.17) is 8.83 Å². The number of nitrogens with zero attached hydrogens (tertiary/aromatic N) is 5. The molecule has 4 aromatic heterocycles. The molecule has 0 aliphatic rings. The van der Waals surface area contributed by atoms with Gasteiger partial charge in [0.25, 0.3) is 11.4 Å². The molecule has 4 aromatic rings. The molecule has 4 heterocycles. The van der Waals surface area contributed by atoms with Crippen molar-refractivity contribution >= 4 is 11.2 Å². The first-order chi connectivity index (χ1) is 13.5. The fourth-order valence-corrected chi connectivity index (χ4v) is 3.00. The number of hydrogen-bond acceptors (Lipinski definition) is 7. The Balaban J connectivity index is 1.79. The standard InChI is InChI=1S/C17H18N6O5/c1-3-4-7-22-13-12(14(24)19-16(22)25)21(2)11(18-13)9-23-17(26)28-15(20-23)10-6-5-8-27-10/h5-6,8H,3-4,7,9H2,1-2H3,(H,19,24,25). The number of nitrogens with one attached hydrogen (secondary N) is 1. The summed E-state index contributed by atoms with van der Waals surface area (Å²) in [6.07, 6.45) is 3.10. The Bertz CT molecular complexity index is 1300. The molecule has 0 bridgehead atoms. The molecule has 0 atom stereocenters. The fraction of sp³-hybridized carbons (Fsp3) is 0.353. The molecule has 1 N–H and O–H groups in total. The lowest BCUT2D eigenvalue weighted by atomic mass is 10.3. The predicted molar refractivity (Wildman–Crippen MR) is 98.1 cm³/mol. The third kappa shape index (κ3) is 2.90. The zero-order valence-corrected chi connectivity index (χ0v) is 15.3. The van der Waals surface area contributed by atoms with Crippen LogP contribution in [0.25, 0.3) is 22.8 Å². The van der Waals surface area contributed by atoms with E-state index in [0.717, 1.165) is 17.5 Å². The van der Waals surface area contributed by atoms with Gasteiger partial charge in [-0.1, -0.05) is 13.3 Å². The highest BCUT2D eigenvalue weighted by Gasteiger charge is 2.19. The fourth-order valence-electron chi connectivity index (χ4n) is 3.00. The number of aryl methyl sites for hydroxylation is 2. The van der Waals surface area contributed by atoms with Gasteiger partial charge in [-0.15, -0.1) is 5.10 Å². The molecule has 0 radical (unpaired) electrons. The first-order valence-corrected chi connectivity index (χ1v) is 8.79. The molecule has 28 heavy (non-hydrogen) atoms. The lowest BCUT2D eigenvalue weighted by Gasteiger charge is -2.04. The number of aromatic nitrogens is 6. The van der Waals surface area contributed by atoms with E-state index >= 15 is 0 Å². The Hall–Kier alpha value is -3.63. The topological polar surface area (TPSA) is 134 Å². The van der Waals surface area contributed by atoms with Crippen LogP contribution in [-0.2, 0) is 20.1 Å². The highest BCUT2D eigenvalue weighted by molar-refractivity contribution is 5.70. The summed E-state index contributed by atoms with van der Waals surface area (Å²) in [6.45, 7) is 2.41. The zero-order valence-electron chi connectivity index (χ0n) is 15.3. The smallest absolute Gasteiger partial charge is 0.437 e. The van der Waals surface area contributed by atoms with E-state index < -0.39 is 17.0 Å². The Morgan fingerprint density at radius 2 is 2.07 bits per heavy atom. The van der Waals surface area contributed by atoms with Crippen LogP contribution < -0.4 is 17.0 Å². The molecule has 0 spiro atoms. The van der Waals surface area contributed by atoms with Crippen molar-refractivity contribution in [2.45, 2.75) is 32.9 Å². The number of imidazole rings is 1. The largest absolute Gasteiger partial charge is 0.459 e. The zero-order chi connectivity index (χ0) is 19.8. The minimum atomic E-state index is -0.685. The van der Waals surface area contributed by atoms with E-state index in [-0.39, 0.29) is 23.6 Å². The molecular formula is C17H18N6O5. The summed E-state index contributed by atoms with van der Waals surface area (Å²) in [4.78, 5) is 43.4. The molecule has 146 valence electrons. The summed E-state index contributed by atoms with van der Waals surface area (Å²) < 4.78 is 14.4. The summed E-state index contributed by atoms with van der Waals surface area (Å²) in [5.74, 6) is 0.0747. The lowest BCUT2D eigenvalue weighted by molar-refractivity contribution is 0.473. The Morgan fingerprint density at radius 1 is 1.25 bits per heavy atom. The summed E-state index contributed by atoms with van der Waals surface area (Å²) in [5.41, 5.74) is -0.497. The maximum Gasteiger partial charge on any atom is 0.437 e. The number of fused-ring (bicyclic) bond motifs is 1. The van der Waals surface area contributed by atoms with Gasteiger partial charge < -0.3 is 13.4 Å². The maximum absolute atomic E-state index is 12.3. The first kappa shape index (κ1) is 17.8. The van der Waals surface area contributed by atoms with Crippen molar-refractivity contribution in [3.05, 3.63) is 55.6 Å². The van der Waals surface area contributed by atoms with Crippen molar-refractivity contribution in [1.82, 2.24) is 28.9 Å². The highest BCUT2D eigenvalue weighted by atomic mass is 16.4. The summed E-state index contributed by atoms with van der Waals surface area (Å²) in [7, 11) is 1.65. The second kappa shape index (κ2) is 6.83. The second-order valence-electron chi connectivity index (χ2n) is 6.33. The van der Waals surface area contributed by atoms with Crippen molar-refractivity contribution in [2.24, 2.45) is 7.05 Å². The Kier molecular flexibility index (Phi) is 4.34. The van der Waals surface area contributed by atoms with Crippen molar-refractivity contribution in [3.63, 3.8) is 0 Å². The van der Waals surface area contributed by atoms with Gasteiger partial charge in [0.15, 0.2) is 16.9 Å². The van der Waals surface area contributed by atoms with E-state index in [1.807, 2.05) is 6.92 Å². The van der Waals surface area contributed by atoms with Gasteiger partial charge in [0.2, 0.25) is 0 Å². The molecule has 0 aliphatic heterocycles. The average molecular weight is 386 g/mol. The SMILES string of the molecule is CCCCn1c(=O)[nH]c(=O)c2c1nc(Cn1nc(-c3ccco3)oc1=O)n2C. The van der Waals surface area contributed by atoms with Crippen LogP contribution in [0.1, 0.15) is 25.6 Å². The van der Waals surface area contributed by atoms with Gasteiger partial charge >= 0.3 is 11.4 Å². The lowest BCUT2D eigenvalue weighted by Crippen LogP contribution is -2.31. The molecule has 0 unspecified atom stereocenters. The van der Waals surface area contributed by atoms with Gasteiger partial charge in [0.1, 0.15) is 12.4 Å². The van der Waals surface area contributed by atoms with Crippen molar-refractivity contribution in [2.75, 3.05) is 0 Å². The molecule has 0 aromatic carbocycles. The molecule has 0 saturated heterocycles. The van der Waals surface area contributed by atoms with Crippen LogP contribution in [0.15, 0.2) is 41.6 Å². The van der Waals surface area contributed by atoms with Crippen LogP contribution in [-0.4, -0.2) is 28.9 Å². The van der Waals surface area contributed by atoms with Crippen LogP contribution in [0.3, 0.4) is 0 Å². The predicted octanol–water partition coefficient (Wildman–Crippen LogP) is 0.681. The van der Waals surface area contributed by atoms with Crippen LogP contribution in [0.4, 0.5) is 0 Å². The quantitative estimate of drug-likeness (QED) is 0.515. The van der Waals surface area contributed by atoms with Gasteiger partial charge in [-0.25, -0.2) is 14.6 Å². The number of hydrogen-bond donors (Lipinski definition) is 1. The number of furan rings is 1. The molecule has 4 rings (SSSR count). The summed E-state index contributed by atoms with van der Waals surface area (Å²) in [6, 6.07) is 3.28. The molecule has 0 amide bonds. The number of H-pyrrole nitrogens is 1. The highest BCUT2D eigenvalue weighted by Crippen LogP contribution is 2.16. The van der Waals surface area contributed by atoms with Gasteiger partial charge in [-0.3, -0.25) is 14.3 Å². The molecule has 11 nitrogen and oxygen atoms in total. The number of unbranched alkanes of at least 4 members (excludes halogenated alkanes) is 1. The second-order valence-corrected chi connectivity index (χ2v) is 6.33. The van der Waals surface area contributed by atoms with Gasteiger partial charge in [-0.2, -0.15) is 4.68 Å². The molecule has 0 fully saturated rings. The van der Waals surface area contributed by atoms with Crippen molar-refractivity contribution < 1.29 is 8.83 Å². The minimum Gasteiger partial charge on any atom is -0.459 e. The average Bonchev–Trinajstić information content (AvgIpc) is 3.36. The van der Waals surface area contributed by atoms with E-state index in [1.165, 1.54) is 10.8 Å². The first-order valence-electron chi connectivity index (χ1n) is 8.79. The monoisotopic (exact) mass is 386 g/mol. The van der Waals surface area contributed by atoms with E-state index in [0.29, 0.717) is 18.1 Å². The third-order valence-corrected chi connectivity index (χ3v) is 4.47. The van der Waals surface area contributed by atoms with Crippen LogP contribution in [0.5, 0.6) is 0 Å². The van der Waals surface area contributed by atoms with Crippen LogP contribution in [0.2, 0.25) is 0 Å². The van der Waals surface area contributed by atoms with Gasteiger partial charge in [0.05, 0.1) is 6.26 Å². The third-order valence-electron chi connectivity index (χ3n) is 4.47. The minimum absolute atomic E-state index is 0.0321. The molecular weight excluding hydrogens is 368 g/mol. The Morgan fingerprint density at radius 3 is 2.79 bits per heavy atom. The number of aromatic amines is 1. The summed E-state index contributed by atoms with van der Waals surface area (Å²) in [5, 5.41) is 4.11. The van der Waals surface area contributed by atoms with E-state index in [1.54, 1.807) is 23.7 Å².